The van der Waals surface area contributed by atoms with Crippen LogP contribution < -0.4 is 10.6 Å². The summed E-state index contributed by atoms with van der Waals surface area (Å²) in [6.07, 6.45) is -5.02. The molecule has 0 aliphatic carbocycles. The highest BCUT2D eigenvalue weighted by Crippen LogP contribution is 2.27. The lowest BCUT2D eigenvalue weighted by molar-refractivity contribution is -0.132. The van der Waals surface area contributed by atoms with Crippen LogP contribution >= 0.6 is 11.3 Å². The van der Waals surface area contributed by atoms with Crippen LogP contribution in [-0.2, 0) is 17.9 Å². The van der Waals surface area contributed by atoms with Gasteiger partial charge in [-0.3, -0.25) is 0 Å². The van der Waals surface area contributed by atoms with E-state index in [2.05, 4.69) is 4.98 Å². The monoisotopic (exact) mass is 283 g/mol. The normalized spacial score (nSPS) is 11.9. The van der Waals surface area contributed by atoms with Crippen molar-refractivity contribution in [2.45, 2.75) is 25.7 Å². The van der Waals surface area contributed by atoms with E-state index in [1.54, 1.807) is 7.05 Å². The smallest absolute Gasteiger partial charge is 0.378 e. The summed E-state index contributed by atoms with van der Waals surface area (Å²) in [6, 6.07) is 0. The average Bonchev–Trinajstić information content (AvgIpc) is 2.69. The number of ether oxygens (including phenoxy) is 1. The van der Waals surface area contributed by atoms with Crippen molar-refractivity contribution in [1.29, 1.82) is 0 Å². The SMILES string of the molecule is COCc1nc(N(C)CCC(F)(F)F)sc1CN. The number of anilines is 1. The third kappa shape index (κ3) is 4.43. The van der Waals surface area contributed by atoms with Gasteiger partial charge < -0.3 is 15.4 Å². The van der Waals surface area contributed by atoms with Crippen molar-refractivity contribution in [3.05, 3.63) is 10.6 Å². The maximum atomic E-state index is 12.1. The summed E-state index contributed by atoms with van der Waals surface area (Å²) in [5, 5.41) is 0.534. The molecule has 104 valence electrons. The molecule has 8 heteroatoms. The first-order valence-corrected chi connectivity index (χ1v) is 6.14. The molecule has 0 radical (unpaired) electrons. The molecule has 1 aromatic heterocycles. The molecule has 1 aromatic rings. The lowest BCUT2D eigenvalue weighted by Gasteiger charge is -2.16. The topological polar surface area (TPSA) is 51.4 Å². The predicted molar refractivity (Wildman–Crippen MR) is 64.7 cm³/mol. The number of alkyl halides is 3. The highest BCUT2D eigenvalue weighted by atomic mass is 32.1. The number of hydrogen-bond acceptors (Lipinski definition) is 5. The zero-order chi connectivity index (χ0) is 13.8. The van der Waals surface area contributed by atoms with Gasteiger partial charge >= 0.3 is 6.18 Å². The van der Waals surface area contributed by atoms with Gasteiger partial charge in [-0.15, -0.1) is 11.3 Å². The van der Waals surface area contributed by atoms with Crippen molar-refractivity contribution in [1.82, 2.24) is 4.98 Å². The molecule has 0 unspecified atom stereocenters. The van der Waals surface area contributed by atoms with Gasteiger partial charge in [0.2, 0.25) is 0 Å². The maximum absolute atomic E-state index is 12.1. The fourth-order valence-corrected chi connectivity index (χ4v) is 2.26. The van der Waals surface area contributed by atoms with Gasteiger partial charge in [-0.1, -0.05) is 0 Å². The summed E-state index contributed by atoms with van der Waals surface area (Å²) in [6.45, 7) is 0.507. The third-order valence-electron chi connectivity index (χ3n) is 2.29. The maximum Gasteiger partial charge on any atom is 0.390 e. The van der Waals surface area contributed by atoms with Crippen molar-refractivity contribution in [3.63, 3.8) is 0 Å². The fraction of sp³-hybridized carbons (Fsp3) is 0.700. The molecule has 0 bridgehead atoms. The molecule has 0 amide bonds. The molecular formula is C10H16F3N3OS. The molecule has 1 rings (SSSR count). The summed E-state index contributed by atoms with van der Waals surface area (Å²) in [7, 11) is 3.12. The van der Waals surface area contributed by atoms with Gasteiger partial charge in [0.25, 0.3) is 0 Å². The predicted octanol–water partition coefficient (Wildman–Crippen LogP) is 2.14. The fourth-order valence-electron chi connectivity index (χ4n) is 1.33. The van der Waals surface area contributed by atoms with E-state index in [-0.39, 0.29) is 6.54 Å². The minimum absolute atomic E-state index is 0.118. The Balaban J connectivity index is 2.70. The molecule has 0 saturated carbocycles. The van der Waals surface area contributed by atoms with Crippen LogP contribution in [0.1, 0.15) is 17.0 Å². The molecule has 0 saturated heterocycles. The number of nitrogens with two attached hydrogens (primary N) is 1. The Morgan fingerprint density at radius 2 is 2.11 bits per heavy atom. The molecule has 0 aromatic carbocycles. The Kier molecular flexibility index (Phi) is 5.36. The second kappa shape index (κ2) is 6.35. The zero-order valence-corrected chi connectivity index (χ0v) is 11.1. The van der Waals surface area contributed by atoms with Crippen LogP contribution in [-0.4, -0.2) is 31.9 Å². The van der Waals surface area contributed by atoms with Crippen LogP contribution in [0.5, 0.6) is 0 Å². The van der Waals surface area contributed by atoms with Crippen LogP contribution in [0, 0.1) is 0 Å². The minimum atomic E-state index is -4.16. The van der Waals surface area contributed by atoms with Crippen molar-refractivity contribution in [2.75, 3.05) is 25.6 Å². The lowest BCUT2D eigenvalue weighted by Crippen LogP contribution is -2.23. The van der Waals surface area contributed by atoms with E-state index >= 15 is 0 Å². The Hall–Kier alpha value is -0.860. The van der Waals surface area contributed by atoms with E-state index in [4.69, 9.17) is 10.5 Å². The molecule has 0 aliphatic rings. The molecular weight excluding hydrogens is 267 g/mol. The summed E-state index contributed by atoms with van der Waals surface area (Å²) in [4.78, 5) is 6.56. The van der Waals surface area contributed by atoms with Crippen molar-refractivity contribution >= 4 is 16.5 Å². The van der Waals surface area contributed by atoms with E-state index in [0.717, 1.165) is 4.88 Å². The van der Waals surface area contributed by atoms with Gasteiger partial charge in [-0.05, 0) is 0 Å². The lowest BCUT2D eigenvalue weighted by atomic mass is 10.4. The Morgan fingerprint density at radius 3 is 2.61 bits per heavy atom. The molecule has 1 heterocycles. The minimum Gasteiger partial charge on any atom is -0.378 e. The third-order valence-corrected chi connectivity index (χ3v) is 3.52. The number of thiazole rings is 1. The molecule has 2 N–H and O–H groups in total. The van der Waals surface area contributed by atoms with Gasteiger partial charge in [0.15, 0.2) is 5.13 Å². The van der Waals surface area contributed by atoms with E-state index in [9.17, 15) is 13.2 Å². The van der Waals surface area contributed by atoms with Crippen molar-refractivity contribution in [2.24, 2.45) is 5.73 Å². The number of halogens is 3. The highest BCUT2D eigenvalue weighted by molar-refractivity contribution is 7.15. The largest absolute Gasteiger partial charge is 0.390 e. The number of aromatic nitrogens is 1. The molecule has 0 fully saturated rings. The summed E-state index contributed by atoms with van der Waals surface area (Å²) in [5.41, 5.74) is 6.25. The molecule has 0 atom stereocenters. The van der Waals surface area contributed by atoms with Crippen LogP contribution in [0.3, 0.4) is 0 Å². The Bertz CT molecular complexity index is 381. The molecule has 4 nitrogen and oxygen atoms in total. The molecule has 18 heavy (non-hydrogen) atoms. The number of rotatable bonds is 6. The van der Waals surface area contributed by atoms with E-state index < -0.39 is 12.6 Å². The first kappa shape index (κ1) is 15.2. The van der Waals surface area contributed by atoms with Crippen LogP contribution in [0.25, 0.3) is 0 Å². The number of hydrogen-bond donors (Lipinski definition) is 1. The van der Waals surface area contributed by atoms with Crippen molar-refractivity contribution < 1.29 is 17.9 Å². The quantitative estimate of drug-likeness (QED) is 0.869. The molecule has 0 aliphatic heterocycles. The second-order valence-corrected chi connectivity index (χ2v) is 4.85. The van der Waals surface area contributed by atoms with Crippen molar-refractivity contribution in [3.8, 4) is 0 Å². The van der Waals surface area contributed by atoms with Crippen LogP contribution in [0.2, 0.25) is 0 Å². The number of nitrogens with zero attached hydrogens (tertiary/aromatic N) is 2. The summed E-state index contributed by atoms with van der Waals surface area (Å²) >= 11 is 1.30. The standard InChI is InChI=1S/C10H16F3N3OS/c1-16(4-3-10(11,12)13)9-15-7(6-17-2)8(5-14)18-9/h3-6,14H2,1-2H3. The van der Waals surface area contributed by atoms with Crippen LogP contribution in [0.15, 0.2) is 0 Å². The van der Waals surface area contributed by atoms with E-state index in [0.29, 0.717) is 24.0 Å². The highest BCUT2D eigenvalue weighted by Gasteiger charge is 2.27. The first-order chi connectivity index (χ1) is 8.37. The van der Waals surface area contributed by atoms with Crippen LogP contribution in [0.4, 0.5) is 18.3 Å². The van der Waals surface area contributed by atoms with Gasteiger partial charge in [-0.2, -0.15) is 13.2 Å². The first-order valence-electron chi connectivity index (χ1n) is 5.33. The summed E-state index contributed by atoms with van der Waals surface area (Å²) in [5.74, 6) is 0. The van der Waals surface area contributed by atoms with E-state index in [1.807, 2.05) is 0 Å². The van der Waals surface area contributed by atoms with Gasteiger partial charge in [0.05, 0.1) is 18.7 Å². The van der Waals surface area contributed by atoms with Gasteiger partial charge in [-0.25, -0.2) is 4.98 Å². The average molecular weight is 283 g/mol. The Labute approximate surface area is 108 Å². The van der Waals surface area contributed by atoms with E-state index in [1.165, 1.54) is 23.3 Å². The second-order valence-electron chi connectivity index (χ2n) is 3.79. The summed E-state index contributed by atoms with van der Waals surface area (Å²) < 4.78 is 41.3. The Morgan fingerprint density at radius 1 is 1.44 bits per heavy atom. The molecule has 0 spiro atoms. The van der Waals surface area contributed by atoms with Gasteiger partial charge in [0, 0.05) is 32.1 Å². The zero-order valence-electron chi connectivity index (χ0n) is 10.3. The van der Waals surface area contributed by atoms with Gasteiger partial charge in [0.1, 0.15) is 0 Å². The number of methoxy groups -OCH3 is 1.